The number of carbonyl (C=O) groups excluding carboxylic acids is 1. The van der Waals surface area contributed by atoms with Gasteiger partial charge in [-0.2, -0.15) is 0 Å². The largest absolute Gasteiger partial charge is 0.481 e. The Labute approximate surface area is 239 Å². The van der Waals surface area contributed by atoms with E-state index in [1.807, 2.05) is 56.3 Å². The summed E-state index contributed by atoms with van der Waals surface area (Å²) in [6, 6.07) is 26.3. The maximum atomic E-state index is 12.5. The predicted molar refractivity (Wildman–Crippen MR) is 156 cm³/mol. The SMILES string of the molecule is CCOC(=O)C1(c2ccc(-c3ccc(-c4onc(C)c4Cc4cccc(-c5cccnc5OC)n4)cc3)cc2)CC1. The molecular weight excluding hydrogens is 514 g/mol. The van der Waals surface area contributed by atoms with Crippen LogP contribution in [0.3, 0.4) is 0 Å². The zero-order valence-corrected chi connectivity index (χ0v) is 23.4. The third-order valence-electron chi connectivity index (χ3n) is 7.72. The molecule has 0 radical (unpaired) electrons. The molecule has 7 nitrogen and oxygen atoms in total. The molecular formula is C34H31N3O4. The van der Waals surface area contributed by atoms with Crippen LogP contribution in [0.15, 0.2) is 89.6 Å². The lowest BCUT2D eigenvalue weighted by atomic mass is 9.93. The van der Waals surface area contributed by atoms with Crippen LogP contribution in [0.4, 0.5) is 0 Å². The summed E-state index contributed by atoms with van der Waals surface area (Å²) in [5.74, 6) is 1.16. The Bertz CT molecular complexity index is 1690. The molecule has 3 aromatic heterocycles. The van der Waals surface area contributed by atoms with E-state index in [0.29, 0.717) is 18.9 Å². The average Bonchev–Trinajstić information content (AvgIpc) is 3.76. The van der Waals surface area contributed by atoms with Crippen LogP contribution in [0, 0.1) is 6.92 Å². The van der Waals surface area contributed by atoms with Gasteiger partial charge in [0.2, 0.25) is 5.88 Å². The zero-order valence-electron chi connectivity index (χ0n) is 23.4. The number of aryl methyl sites for hydroxylation is 1. The van der Waals surface area contributed by atoms with E-state index in [2.05, 4.69) is 46.5 Å². The second kappa shape index (κ2) is 11.0. The first-order valence-electron chi connectivity index (χ1n) is 13.8. The number of nitrogens with zero attached hydrogens (tertiary/aromatic N) is 3. The Morgan fingerprint density at radius 3 is 2.32 bits per heavy atom. The highest BCUT2D eigenvalue weighted by Gasteiger charge is 2.52. The Kier molecular flexibility index (Phi) is 7.10. The molecule has 0 spiro atoms. The molecule has 1 aliphatic rings. The maximum absolute atomic E-state index is 12.5. The summed E-state index contributed by atoms with van der Waals surface area (Å²) in [6.45, 7) is 4.20. The number of hydrogen-bond acceptors (Lipinski definition) is 7. The van der Waals surface area contributed by atoms with E-state index in [-0.39, 0.29) is 5.97 Å². The number of rotatable bonds is 9. The number of methoxy groups -OCH3 is 1. The molecule has 0 unspecified atom stereocenters. The normalized spacial score (nSPS) is 13.5. The van der Waals surface area contributed by atoms with Crippen LogP contribution >= 0.6 is 0 Å². The van der Waals surface area contributed by atoms with Gasteiger partial charge >= 0.3 is 5.97 Å². The molecule has 0 N–H and O–H groups in total. The van der Waals surface area contributed by atoms with Crippen molar-refractivity contribution < 1.29 is 18.8 Å². The lowest BCUT2D eigenvalue weighted by Gasteiger charge is -2.14. The van der Waals surface area contributed by atoms with E-state index in [9.17, 15) is 4.79 Å². The fraction of sp³-hybridized carbons (Fsp3) is 0.235. The molecule has 0 aliphatic heterocycles. The van der Waals surface area contributed by atoms with Crippen molar-refractivity contribution in [1.82, 2.24) is 15.1 Å². The quantitative estimate of drug-likeness (QED) is 0.185. The first-order chi connectivity index (χ1) is 20.0. The Morgan fingerprint density at radius 2 is 1.63 bits per heavy atom. The van der Waals surface area contributed by atoms with Gasteiger partial charge in [-0.25, -0.2) is 4.98 Å². The van der Waals surface area contributed by atoms with Crippen molar-refractivity contribution in [2.75, 3.05) is 13.7 Å². The van der Waals surface area contributed by atoms with Crippen molar-refractivity contribution >= 4 is 5.97 Å². The van der Waals surface area contributed by atoms with Crippen LogP contribution in [0.1, 0.15) is 42.3 Å². The molecule has 2 aromatic carbocycles. The summed E-state index contributed by atoms with van der Waals surface area (Å²) < 4.78 is 16.5. The number of carbonyl (C=O) groups is 1. The standard InChI is InChI=1S/C34H31N3O4/c1-4-40-33(38)34(18-19-34)26-16-14-24(15-17-26)23-10-12-25(13-11-23)31-29(22(2)37-41-31)21-27-7-5-9-30(36-27)28-8-6-20-35-32(28)39-3/h5-17,20H,4,18-19,21H2,1-3H3. The van der Waals surface area contributed by atoms with Crippen LogP contribution in [0.2, 0.25) is 0 Å². The molecule has 206 valence electrons. The third-order valence-corrected chi connectivity index (χ3v) is 7.72. The molecule has 7 heteroatoms. The van der Waals surface area contributed by atoms with E-state index >= 15 is 0 Å². The molecule has 0 bridgehead atoms. The molecule has 3 heterocycles. The molecule has 1 aliphatic carbocycles. The number of hydrogen-bond donors (Lipinski definition) is 0. The smallest absolute Gasteiger partial charge is 0.316 e. The summed E-state index contributed by atoms with van der Waals surface area (Å²) in [6.07, 6.45) is 3.97. The molecule has 0 amide bonds. The first kappa shape index (κ1) is 26.4. The van der Waals surface area contributed by atoms with Crippen molar-refractivity contribution in [1.29, 1.82) is 0 Å². The highest BCUT2D eigenvalue weighted by molar-refractivity contribution is 5.87. The van der Waals surface area contributed by atoms with E-state index in [1.165, 1.54) is 0 Å². The fourth-order valence-corrected chi connectivity index (χ4v) is 5.28. The molecule has 0 saturated heterocycles. The number of ether oxygens (including phenoxy) is 2. The highest BCUT2D eigenvalue weighted by Crippen LogP contribution is 2.49. The van der Waals surface area contributed by atoms with Gasteiger partial charge in [0.05, 0.1) is 36.1 Å². The van der Waals surface area contributed by atoms with Gasteiger partial charge in [0.25, 0.3) is 0 Å². The minimum Gasteiger partial charge on any atom is -0.481 e. The monoisotopic (exact) mass is 545 g/mol. The maximum Gasteiger partial charge on any atom is 0.316 e. The van der Waals surface area contributed by atoms with Gasteiger partial charge in [-0.1, -0.05) is 59.8 Å². The minimum atomic E-state index is -0.461. The van der Waals surface area contributed by atoms with Crippen LogP contribution < -0.4 is 4.74 Å². The van der Waals surface area contributed by atoms with Gasteiger partial charge in [-0.05, 0) is 67.6 Å². The van der Waals surface area contributed by atoms with E-state index in [0.717, 1.165) is 69.1 Å². The molecule has 41 heavy (non-hydrogen) atoms. The molecule has 0 atom stereocenters. The van der Waals surface area contributed by atoms with Gasteiger partial charge in [0.15, 0.2) is 5.76 Å². The van der Waals surface area contributed by atoms with Crippen molar-refractivity contribution in [3.63, 3.8) is 0 Å². The lowest BCUT2D eigenvalue weighted by Crippen LogP contribution is -2.23. The number of aromatic nitrogens is 3. The topological polar surface area (TPSA) is 87.3 Å². The molecule has 5 aromatic rings. The number of esters is 1. The Hall–Kier alpha value is -4.78. The summed E-state index contributed by atoms with van der Waals surface area (Å²) in [5, 5.41) is 4.27. The van der Waals surface area contributed by atoms with E-state index in [1.54, 1.807) is 13.3 Å². The average molecular weight is 546 g/mol. The van der Waals surface area contributed by atoms with E-state index < -0.39 is 5.41 Å². The van der Waals surface area contributed by atoms with Crippen molar-refractivity contribution in [3.8, 4) is 39.6 Å². The predicted octanol–water partition coefficient (Wildman–Crippen LogP) is 6.97. The van der Waals surface area contributed by atoms with E-state index in [4.69, 9.17) is 19.0 Å². The summed E-state index contributed by atoms with van der Waals surface area (Å²) in [4.78, 5) is 21.6. The highest BCUT2D eigenvalue weighted by atomic mass is 16.5. The molecule has 6 rings (SSSR count). The summed E-state index contributed by atoms with van der Waals surface area (Å²) >= 11 is 0. The Morgan fingerprint density at radius 1 is 0.927 bits per heavy atom. The fourth-order valence-electron chi connectivity index (χ4n) is 5.28. The van der Waals surface area contributed by atoms with Crippen molar-refractivity contribution in [3.05, 3.63) is 108 Å². The minimum absolute atomic E-state index is 0.117. The molecule has 1 fully saturated rings. The Balaban J connectivity index is 1.22. The van der Waals surface area contributed by atoms with Crippen molar-refractivity contribution in [2.45, 2.75) is 38.5 Å². The molecule has 1 saturated carbocycles. The lowest BCUT2D eigenvalue weighted by molar-refractivity contribution is -0.146. The summed E-state index contributed by atoms with van der Waals surface area (Å²) in [5.41, 5.74) is 8.05. The van der Waals surface area contributed by atoms with Gasteiger partial charge in [0.1, 0.15) is 0 Å². The summed E-state index contributed by atoms with van der Waals surface area (Å²) in [7, 11) is 1.61. The zero-order chi connectivity index (χ0) is 28.4. The van der Waals surface area contributed by atoms with Gasteiger partial charge in [-0.3, -0.25) is 9.78 Å². The van der Waals surface area contributed by atoms with Gasteiger partial charge < -0.3 is 14.0 Å². The number of benzene rings is 2. The van der Waals surface area contributed by atoms with Crippen LogP contribution in [-0.2, 0) is 21.4 Å². The number of pyridine rings is 2. The second-order valence-electron chi connectivity index (χ2n) is 10.3. The third kappa shape index (κ3) is 5.11. The van der Waals surface area contributed by atoms with Gasteiger partial charge in [-0.15, -0.1) is 0 Å². The second-order valence-corrected chi connectivity index (χ2v) is 10.3. The van der Waals surface area contributed by atoms with Crippen LogP contribution in [-0.4, -0.2) is 34.8 Å². The van der Waals surface area contributed by atoms with Crippen molar-refractivity contribution in [2.24, 2.45) is 0 Å². The van der Waals surface area contributed by atoms with Crippen LogP contribution in [0.25, 0.3) is 33.7 Å². The van der Waals surface area contributed by atoms with Gasteiger partial charge in [0, 0.05) is 29.4 Å². The van der Waals surface area contributed by atoms with Crippen LogP contribution in [0.5, 0.6) is 5.88 Å². The first-order valence-corrected chi connectivity index (χ1v) is 13.8.